The molecule has 27 heavy (non-hydrogen) atoms. The molecule has 0 spiro atoms. The molecule has 6 nitrogen and oxygen atoms in total. The van der Waals surface area contributed by atoms with Gasteiger partial charge in [0.15, 0.2) is 0 Å². The van der Waals surface area contributed by atoms with E-state index in [0.717, 1.165) is 5.56 Å². The standard InChI is InChI=1S/C20H23NO5S/c1-13-11-16(25-3)12-14(2)19(13)27(23,24)21-17-8-6-5-7-15(17)9-10-18(21)20(22)26-4/h5-8,11-12,18H,9-10H2,1-4H3/t18-/m0/s1. The van der Waals surface area contributed by atoms with Gasteiger partial charge >= 0.3 is 5.97 Å². The van der Waals surface area contributed by atoms with Crippen LogP contribution in [-0.2, 0) is 26.0 Å². The number of nitrogens with zero attached hydrogens (tertiary/aromatic N) is 1. The molecular formula is C20H23NO5S. The fourth-order valence-corrected chi connectivity index (χ4v) is 5.79. The molecule has 3 rings (SSSR count). The van der Waals surface area contributed by atoms with Gasteiger partial charge in [0.2, 0.25) is 0 Å². The van der Waals surface area contributed by atoms with E-state index in [9.17, 15) is 13.2 Å². The molecular weight excluding hydrogens is 366 g/mol. The summed E-state index contributed by atoms with van der Waals surface area (Å²) in [6, 6.07) is 9.73. The quantitative estimate of drug-likeness (QED) is 0.752. The maximum atomic E-state index is 13.7. The topological polar surface area (TPSA) is 72.9 Å². The van der Waals surface area contributed by atoms with E-state index in [1.807, 2.05) is 12.1 Å². The van der Waals surface area contributed by atoms with Crippen molar-refractivity contribution >= 4 is 21.7 Å². The number of benzene rings is 2. The summed E-state index contributed by atoms with van der Waals surface area (Å²) >= 11 is 0. The molecule has 0 aliphatic carbocycles. The van der Waals surface area contributed by atoms with Crippen molar-refractivity contribution in [3.8, 4) is 5.75 Å². The van der Waals surface area contributed by atoms with Gasteiger partial charge in [-0.15, -0.1) is 0 Å². The van der Waals surface area contributed by atoms with Crippen molar-refractivity contribution in [1.82, 2.24) is 0 Å². The van der Waals surface area contributed by atoms with Crippen LogP contribution < -0.4 is 9.04 Å². The summed E-state index contributed by atoms with van der Waals surface area (Å²) in [5.41, 5.74) is 2.55. The monoisotopic (exact) mass is 389 g/mol. The highest BCUT2D eigenvalue weighted by molar-refractivity contribution is 7.93. The lowest BCUT2D eigenvalue weighted by atomic mass is 9.98. The molecule has 0 aromatic heterocycles. The van der Waals surface area contributed by atoms with Crippen LogP contribution in [0.2, 0.25) is 0 Å². The molecule has 1 atom stereocenters. The average molecular weight is 389 g/mol. The number of hydrogen-bond donors (Lipinski definition) is 0. The largest absolute Gasteiger partial charge is 0.497 e. The number of carbonyl (C=O) groups excluding carboxylic acids is 1. The Morgan fingerprint density at radius 3 is 2.33 bits per heavy atom. The molecule has 0 N–H and O–H groups in total. The van der Waals surface area contributed by atoms with Gasteiger partial charge in [-0.3, -0.25) is 4.31 Å². The second-order valence-corrected chi connectivity index (χ2v) is 8.35. The first-order valence-corrected chi connectivity index (χ1v) is 10.1. The second-order valence-electron chi connectivity index (χ2n) is 6.60. The summed E-state index contributed by atoms with van der Waals surface area (Å²) in [7, 11) is -1.18. The summed E-state index contributed by atoms with van der Waals surface area (Å²) < 4.78 is 38.8. The molecule has 0 amide bonds. The van der Waals surface area contributed by atoms with Gasteiger partial charge in [0.05, 0.1) is 24.8 Å². The van der Waals surface area contributed by atoms with Crippen molar-refractivity contribution in [1.29, 1.82) is 0 Å². The number of ether oxygens (including phenoxy) is 2. The van der Waals surface area contributed by atoms with Gasteiger partial charge in [-0.05, 0) is 61.6 Å². The van der Waals surface area contributed by atoms with Crippen LogP contribution in [0.1, 0.15) is 23.1 Å². The summed E-state index contributed by atoms with van der Waals surface area (Å²) in [5.74, 6) is 0.0319. The normalized spacial score (nSPS) is 16.6. The Hall–Kier alpha value is -2.54. The zero-order chi connectivity index (χ0) is 19.8. The van der Waals surface area contributed by atoms with Crippen LogP contribution >= 0.6 is 0 Å². The minimum atomic E-state index is -3.99. The first kappa shape index (κ1) is 19.2. The average Bonchev–Trinajstić information content (AvgIpc) is 2.65. The van der Waals surface area contributed by atoms with Crippen molar-refractivity contribution in [2.45, 2.75) is 37.6 Å². The maximum absolute atomic E-state index is 13.7. The van der Waals surface area contributed by atoms with Crippen LogP contribution in [0.25, 0.3) is 0 Å². The number of aryl methyl sites for hydroxylation is 3. The predicted molar refractivity (Wildman–Crippen MR) is 103 cm³/mol. The molecule has 1 aliphatic rings. The van der Waals surface area contributed by atoms with Crippen LogP contribution in [0.15, 0.2) is 41.3 Å². The number of anilines is 1. The molecule has 144 valence electrons. The Kier molecular flexibility index (Phi) is 5.15. The highest BCUT2D eigenvalue weighted by atomic mass is 32.2. The number of fused-ring (bicyclic) bond motifs is 1. The summed E-state index contributed by atoms with van der Waals surface area (Å²) in [6.45, 7) is 3.46. The Labute approximate surface area is 159 Å². The Balaban J connectivity index is 2.23. The van der Waals surface area contributed by atoms with Gasteiger partial charge < -0.3 is 9.47 Å². The summed E-state index contributed by atoms with van der Waals surface area (Å²) in [6.07, 6.45) is 0.986. The second kappa shape index (κ2) is 7.23. The molecule has 1 aliphatic heterocycles. The third kappa shape index (κ3) is 3.27. The third-order valence-corrected chi connectivity index (χ3v) is 6.99. The van der Waals surface area contributed by atoms with E-state index < -0.39 is 22.0 Å². The van der Waals surface area contributed by atoms with E-state index in [2.05, 4.69) is 0 Å². The van der Waals surface area contributed by atoms with E-state index in [0.29, 0.717) is 35.4 Å². The number of carbonyl (C=O) groups is 1. The summed E-state index contributed by atoms with van der Waals surface area (Å²) in [5, 5.41) is 0. The Morgan fingerprint density at radius 1 is 1.11 bits per heavy atom. The predicted octanol–water partition coefficient (Wildman–Crippen LogP) is 3.00. The van der Waals surface area contributed by atoms with Gasteiger partial charge in [-0.2, -0.15) is 0 Å². The van der Waals surface area contributed by atoms with Crippen molar-refractivity contribution in [3.63, 3.8) is 0 Å². The fourth-order valence-electron chi connectivity index (χ4n) is 3.69. The fraction of sp³-hybridized carbons (Fsp3) is 0.350. The first-order chi connectivity index (χ1) is 12.8. The zero-order valence-corrected chi connectivity index (χ0v) is 16.7. The van der Waals surface area contributed by atoms with Crippen LogP contribution in [0.3, 0.4) is 0 Å². The van der Waals surface area contributed by atoms with E-state index in [4.69, 9.17) is 9.47 Å². The lowest BCUT2D eigenvalue weighted by molar-refractivity contribution is -0.142. The lowest BCUT2D eigenvalue weighted by Gasteiger charge is -2.36. The number of esters is 1. The maximum Gasteiger partial charge on any atom is 0.329 e. The molecule has 2 aromatic rings. The molecule has 0 fully saturated rings. The molecule has 7 heteroatoms. The number of sulfonamides is 1. The van der Waals surface area contributed by atoms with Crippen molar-refractivity contribution in [2.24, 2.45) is 0 Å². The van der Waals surface area contributed by atoms with Crippen molar-refractivity contribution in [2.75, 3.05) is 18.5 Å². The zero-order valence-electron chi connectivity index (χ0n) is 15.9. The van der Waals surface area contributed by atoms with Gasteiger partial charge in [-0.1, -0.05) is 18.2 Å². The SMILES string of the molecule is COC(=O)[C@@H]1CCc2ccccc2N1S(=O)(=O)c1c(C)cc(OC)cc1C. The minimum absolute atomic E-state index is 0.189. The Bertz CT molecular complexity index is 961. The highest BCUT2D eigenvalue weighted by Gasteiger charge is 2.41. The highest BCUT2D eigenvalue weighted by Crippen LogP contribution is 2.38. The molecule has 0 radical (unpaired) electrons. The number of hydrogen-bond acceptors (Lipinski definition) is 5. The van der Waals surface area contributed by atoms with E-state index in [-0.39, 0.29) is 4.90 Å². The van der Waals surface area contributed by atoms with E-state index >= 15 is 0 Å². The first-order valence-electron chi connectivity index (χ1n) is 8.66. The van der Waals surface area contributed by atoms with Crippen LogP contribution in [-0.4, -0.2) is 34.6 Å². The number of rotatable bonds is 4. The molecule has 0 saturated heterocycles. The van der Waals surface area contributed by atoms with Gasteiger partial charge in [0.1, 0.15) is 11.8 Å². The molecule has 0 unspecified atom stereocenters. The number of methoxy groups -OCH3 is 2. The lowest BCUT2D eigenvalue weighted by Crippen LogP contribution is -2.48. The van der Waals surface area contributed by atoms with Gasteiger partial charge in [0.25, 0.3) is 10.0 Å². The molecule has 0 bridgehead atoms. The van der Waals surface area contributed by atoms with Crippen LogP contribution in [0, 0.1) is 13.8 Å². The van der Waals surface area contributed by atoms with Crippen molar-refractivity contribution in [3.05, 3.63) is 53.1 Å². The minimum Gasteiger partial charge on any atom is -0.497 e. The van der Waals surface area contributed by atoms with Crippen molar-refractivity contribution < 1.29 is 22.7 Å². The van der Waals surface area contributed by atoms with E-state index in [1.54, 1.807) is 38.1 Å². The van der Waals surface area contributed by atoms with E-state index in [1.165, 1.54) is 18.5 Å². The summed E-state index contributed by atoms with van der Waals surface area (Å²) in [4.78, 5) is 12.6. The third-order valence-electron chi connectivity index (χ3n) is 4.86. The van der Waals surface area contributed by atoms with Crippen LogP contribution in [0.4, 0.5) is 5.69 Å². The van der Waals surface area contributed by atoms with Crippen LogP contribution in [0.5, 0.6) is 5.75 Å². The van der Waals surface area contributed by atoms with Gasteiger partial charge in [-0.25, -0.2) is 13.2 Å². The van der Waals surface area contributed by atoms with Gasteiger partial charge in [0, 0.05) is 0 Å². The number of para-hydroxylation sites is 1. The molecule has 0 saturated carbocycles. The Morgan fingerprint density at radius 2 is 1.74 bits per heavy atom. The smallest absolute Gasteiger partial charge is 0.329 e. The molecule has 2 aromatic carbocycles. The molecule has 1 heterocycles.